The molecule has 1 aliphatic heterocycles. The molecule has 1 amide bonds. The molecule has 0 aliphatic carbocycles. The standard InChI is InChI=1S/C21H22FN3O2/c1-14-23-17-5-2-3-6-18(17)25(14)13-20(26)24-21(19-7-4-12-27-19)15-8-10-16(22)11-9-15/h2-3,5-6,8-11,19,21H,4,7,12-13H2,1H3,(H,24,26)/t19-,21+/m1/s1. The van der Waals surface area contributed by atoms with Crippen LogP contribution in [0.5, 0.6) is 0 Å². The number of para-hydroxylation sites is 2. The van der Waals surface area contributed by atoms with E-state index < -0.39 is 0 Å². The van der Waals surface area contributed by atoms with Gasteiger partial charge in [-0.15, -0.1) is 0 Å². The Balaban J connectivity index is 1.56. The normalized spacial score (nSPS) is 17.9. The second-order valence-corrected chi connectivity index (χ2v) is 6.88. The second kappa shape index (κ2) is 7.48. The average Bonchev–Trinajstić information content (AvgIpc) is 3.29. The molecule has 2 atom stereocenters. The number of halogens is 1. The molecule has 6 heteroatoms. The summed E-state index contributed by atoms with van der Waals surface area (Å²) in [4.78, 5) is 17.3. The fourth-order valence-electron chi connectivity index (χ4n) is 3.68. The highest BCUT2D eigenvalue weighted by Gasteiger charge is 2.29. The lowest BCUT2D eigenvalue weighted by atomic mass is 9.99. The van der Waals surface area contributed by atoms with Gasteiger partial charge in [0.15, 0.2) is 0 Å². The van der Waals surface area contributed by atoms with Crippen LogP contribution in [0.15, 0.2) is 48.5 Å². The lowest BCUT2D eigenvalue weighted by molar-refractivity contribution is -0.123. The van der Waals surface area contributed by atoms with Crippen LogP contribution in [0.3, 0.4) is 0 Å². The Bertz CT molecular complexity index is 946. The van der Waals surface area contributed by atoms with Gasteiger partial charge in [0.1, 0.15) is 18.2 Å². The topological polar surface area (TPSA) is 56.2 Å². The van der Waals surface area contributed by atoms with Crippen LogP contribution in [-0.2, 0) is 16.1 Å². The molecule has 1 aliphatic rings. The fourth-order valence-corrected chi connectivity index (χ4v) is 3.68. The molecule has 1 aromatic heterocycles. The highest BCUT2D eigenvalue weighted by atomic mass is 19.1. The SMILES string of the molecule is Cc1nc2ccccc2n1CC(=O)N[C@@H](c1ccc(F)cc1)[C@H]1CCCO1. The summed E-state index contributed by atoms with van der Waals surface area (Å²) in [5.41, 5.74) is 2.65. The molecular formula is C21H22FN3O2. The zero-order chi connectivity index (χ0) is 18.8. The van der Waals surface area contributed by atoms with E-state index in [1.807, 2.05) is 35.8 Å². The largest absolute Gasteiger partial charge is 0.376 e. The molecule has 2 heterocycles. The van der Waals surface area contributed by atoms with Gasteiger partial charge in [-0.2, -0.15) is 0 Å². The highest BCUT2D eigenvalue weighted by Crippen LogP contribution is 2.27. The molecule has 140 valence electrons. The van der Waals surface area contributed by atoms with Crippen molar-refractivity contribution in [2.45, 2.75) is 38.5 Å². The number of carbonyl (C=O) groups is 1. The Kier molecular flexibility index (Phi) is 4.90. The molecule has 3 aromatic rings. The van der Waals surface area contributed by atoms with Gasteiger partial charge in [0, 0.05) is 6.61 Å². The molecule has 0 bridgehead atoms. The summed E-state index contributed by atoms with van der Waals surface area (Å²) >= 11 is 0. The summed E-state index contributed by atoms with van der Waals surface area (Å²) in [6.07, 6.45) is 1.74. The Morgan fingerprint density at radius 3 is 2.81 bits per heavy atom. The number of nitrogens with one attached hydrogen (secondary N) is 1. The number of hydrogen-bond acceptors (Lipinski definition) is 3. The molecule has 1 N–H and O–H groups in total. The van der Waals surface area contributed by atoms with Crippen molar-refractivity contribution >= 4 is 16.9 Å². The summed E-state index contributed by atoms with van der Waals surface area (Å²) < 4.78 is 21.0. The fraction of sp³-hybridized carbons (Fsp3) is 0.333. The predicted molar refractivity (Wildman–Crippen MR) is 101 cm³/mol. The van der Waals surface area contributed by atoms with Gasteiger partial charge in [0.05, 0.1) is 23.2 Å². The molecule has 27 heavy (non-hydrogen) atoms. The molecule has 1 saturated heterocycles. The Labute approximate surface area is 157 Å². The van der Waals surface area contributed by atoms with E-state index in [1.54, 1.807) is 12.1 Å². The van der Waals surface area contributed by atoms with Gasteiger partial charge in [0.25, 0.3) is 0 Å². The van der Waals surface area contributed by atoms with Crippen LogP contribution in [0.2, 0.25) is 0 Å². The van der Waals surface area contributed by atoms with E-state index >= 15 is 0 Å². The molecule has 2 aromatic carbocycles. The van der Waals surface area contributed by atoms with Crippen LogP contribution in [0.25, 0.3) is 11.0 Å². The van der Waals surface area contributed by atoms with E-state index in [0.717, 1.165) is 35.3 Å². The third-order valence-corrected chi connectivity index (χ3v) is 5.03. The lowest BCUT2D eigenvalue weighted by Crippen LogP contribution is -2.38. The first-order chi connectivity index (χ1) is 13.1. The number of ether oxygens (including phenoxy) is 1. The van der Waals surface area contributed by atoms with Gasteiger partial charge >= 0.3 is 0 Å². The van der Waals surface area contributed by atoms with Crippen molar-refractivity contribution in [1.82, 2.24) is 14.9 Å². The van der Waals surface area contributed by atoms with Crippen molar-refractivity contribution in [3.8, 4) is 0 Å². The van der Waals surface area contributed by atoms with Crippen LogP contribution >= 0.6 is 0 Å². The number of rotatable bonds is 5. The molecule has 0 spiro atoms. The first-order valence-corrected chi connectivity index (χ1v) is 9.20. The van der Waals surface area contributed by atoms with E-state index in [0.29, 0.717) is 6.61 Å². The van der Waals surface area contributed by atoms with Crippen molar-refractivity contribution in [3.05, 3.63) is 65.7 Å². The highest BCUT2D eigenvalue weighted by molar-refractivity contribution is 5.81. The maximum atomic E-state index is 13.3. The Morgan fingerprint density at radius 2 is 2.07 bits per heavy atom. The molecule has 5 nitrogen and oxygen atoms in total. The minimum Gasteiger partial charge on any atom is -0.376 e. The summed E-state index contributed by atoms with van der Waals surface area (Å²) in [5, 5.41) is 3.09. The number of benzene rings is 2. The molecule has 4 rings (SSSR count). The van der Waals surface area contributed by atoms with Crippen LogP contribution in [0.4, 0.5) is 4.39 Å². The third-order valence-electron chi connectivity index (χ3n) is 5.03. The number of aryl methyl sites for hydroxylation is 1. The van der Waals surface area contributed by atoms with Gasteiger partial charge in [-0.25, -0.2) is 9.37 Å². The number of aromatic nitrogens is 2. The number of amides is 1. The number of carbonyl (C=O) groups excluding carboxylic acids is 1. The van der Waals surface area contributed by atoms with Gasteiger partial charge in [-0.1, -0.05) is 24.3 Å². The molecular weight excluding hydrogens is 345 g/mol. The quantitative estimate of drug-likeness (QED) is 0.751. The van der Waals surface area contributed by atoms with Crippen LogP contribution < -0.4 is 5.32 Å². The lowest BCUT2D eigenvalue weighted by Gasteiger charge is -2.25. The predicted octanol–water partition coefficient (Wildman–Crippen LogP) is 3.52. The molecule has 0 saturated carbocycles. The van der Waals surface area contributed by atoms with Gasteiger partial charge in [0.2, 0.25) is 5.91 Å². The minimum absolute atomic E-state index is 0.0972. The summed E-state index contributed by atoms with van der Waals surface area (Å²) in [6.45, 7) is 2.76. The van der Waals surface area contributed by atoms with Gasteiger partial charge in [-0.3, -0.25) is 4.79 Å². The zero-order valence-electron chi connectivity index (χ0n) is 15.2. The van der Waals surface area contributed by atoms with Gasteiger partial charge in [-0.05, 0) is 49.6 Å². The minimum atomic E-state index is -0.296. The zero-order valence-corrected chi connectivity index (χ0v) is 15.2. The van der Waals surface area contributed by atoms with Crippen molar-refractivity contribution < 1.29 is 13.9 Å². The number of hydrogen-bond donors (Lipinski definition) is 1. The molecule has 0 radical (unpaired) electrons. The summed E-state index contributed by atoms with van der Waals surface area (Å²) in [5.74, 6) is 0.379. The van der Waals surface area contributed by atoms with Crippen LogP contribution in [0.1, 0.15) is 30.3 Å². The van der Waals surface area contributed by atoms with Crippen LogP contribution in [0, 0.1) is 12.7 Å². The van der Waals surface area contributed by atoms with E-state index in [1.165, 1.54) is 12.1 Å². The van der Waals surface area contributed by atoms with E-state index in [2.05, 4.69) is 10.3 Å². The molecule has 1 fully saturated rings. The average molecular weight is 367 g/mol. The first kappa shape index (κ1) is 17.7. The van der Waals surface area contributed by atoms with Crippen molar-refractivity contribution in [3.63, 3.8) is 0 Å². The summed E-state index contributed by atoms with van der Waals surface area (Å²) in [7, 11) is 0. The monoisotopic (exact) mass is 367 g/mol. The summed E-state index contributed by atoms with van der Waals surface area (Å²) in [6, 6.07) is 13.7. The Morgan fingerprint density at radius 1 is 1.30 bits per heavy atom. The van der Waals surface area contributed by atoms with Crippen LogP contribution in [-0.4, -0.2) is 28.2 Å². The number of fused-ring (bicyclic) bond motifs is 1. The maximum Gasteiger partial charge on any atom is 0.240 e. The number of nitrogens with zero attached hydrogens (tertiary/aromatic N) is 2. The van der Waals surface area contributed by atoms with Crippen molar-refractivity contribution in [1.29, 1.82) is 0 Å². The second-order valence-electron chi connectivity index (χ2n) is 6.88. The smallest absolute Gasteiger partial charge is 0.240 e. The number of imidazole rings is 1. The van der Waals surface area contributed by atoms with Crippen molar-refractivity contribution in [2.24, 2.45) is 0 Å². The first-order valence-electron chi connectivity index (χ1n) is 9.20. The van der Waals surface area contributed by atoms with Gasteiger partial charge < -0.3 is 14.6 Å². The Hall–Kier alpha value is -2.73. The maximum absolute atomic E-state index is 13.3. The van der Waals surface area contributed by atoms with Crippen molar-refractivity contribution in [2.75, 3.05) is 6.61 Å². The van der Waals surface area contributed by atoms with E-state index in [-0.39, 0.29) is 30.4 Å². The van der Waals surface area contributed by atoms with E-state index in [4.69, 9.17) is 4.74 Å². The van der Waals surface area contributed by atoms with E-state index in [9.17, 15) is 9.18 Å². The molecule has 0 unspecified atom stereocenters. The third kappa shape index (κ3) is 3.71.